The standard InChI is InChI=1S/C21H34N4O2.2ClH/c1-15(19-5-4-8-22-12-19)9-21(26)24-11-18-6-7-20(23-10-18)25-13-16(2)27-17(3)14-25;;/h6-7,10,15-17,19,22H,4-5,8-9,11-14H2,1-3H3,(H,24,26);2*1H. The van der Waals surface area contributed by atoms with Crippen molar-refractivity contribution in [3.8, 4) is 0 Å². The Bertz CT molecular complexity index is 601. The Morgan fingerprint density at radius 2 is 2.03 bits per heavy atom. The highest BCUT2D eigenvalue weighted by atomic mass is 35.5. The fourth-order valence-electron chi connectivity index (χ4n) is 4.17. The van der Waals surface area contributed by atoms with Crippen molar-refractivity contribution in [2.75, 3.05) is 31.1 Å². The van der Waals surface area contributed by atoms with Crippen molar-refractivity contribution in [1.82, 2.24) is 15.6 Å². The number of amides is 1. The van der Waals surface area contributed by atoms with Gasteiger partial charge >= 0.3 is 0 Å². The van der Waals surface area contributed by atoms with Crippen molar-refractivity contribution < 1.29 is 9.53 Å². The van der Waals surface area contributed by atoms with Gasteiger partial charge in [-0.05, 0) is 63.2 Å². The Hall–Kier alpha value is -1.08. The first-order valence-electron chi connectivity index (χ1n) is 10.3. The van der Waals surface area contributed by atoms with Crippen LogP contribution < -0.4 is 15.5 Å². The van der Waals surface area contributed by atoms with Crippen LogP contribution in [-0.2, 0) is 16.1 Å². The number of halogens is 2. The number of hydrogen-bond donors (Lipinski definition) is 2. The van der Waals surface area contributed by atoms with Crippen LogP contribution in [0.3, 0.4) is 0 Å². The molecule has 0 radical (unpaired) electrons. The quantitative estimate of drug-likeness (QED) is 0.701. The number of aromatic nitrogens is 1. The SMILES string of the molecule is CC1CN(c2ccc(CNC(=O)CC(C)C3CCCNC3)cn2)CC(C)O1.Cl.Cl. The number of ether oxygens (including phenoxy) is 1. The van der Waals surface area contributed by atoms with Gasteiger partial charge in [-0.2, -0.15) is 0 Å². The van der Waals surface area contributed by atoms with Gasteiger partial charge in [0.25, 0.3) is 0 Å². The van der Waals surface area contributed by atoms with E-state index in [0.29, 0.717) is 24.8 Å². The van der Waals surface area contributed by atoms with E-state index in [2.05, 4.69) is 47.4 Å². The molecule has 2 fully saturated rings. The maximum atomic E-state index is 12.3. The van der Waals surface area contributed by atoms with Crippen LogP contribution in [0.5, 0.6) is 0 Å². The molecule has 0 bridgehead atoms. The van der Waals surface area contributed by atoms with Crippen LogP contribution in [0.1, 0.15) is 45.6 Å². The number of carbonyl (C=O) groups excluding carboxylic acids is 1. The average Bonchev–Trinajstić information content (AvgIpc) is 2.66. The third kappa shape index (κ3) is 7.93. The molecule has 2 aliphatic rings. The fourth-order valence-corrected chi connectivity index (χ4v) is 4.17. The van der Waals surface area contributed by atoms with E-state index in [0.717, 1.165) is 37.6 Å². The average molecular weight is 447 g/mol. The molecule has 6 nitrogen and oxygen atoms in total. The van der Waals surface area contributed by atoms with Crippen molar-refractivity contribution in [1.29, 1.82) is 0 Å². The summed E-state index contributed by atoms with van der Waals surface area (Å²) in [6.07, 6.45) is 5.35. The van der Waals surface area contributed by atoms with Crippen molar-refractivity contribution in [2.45, 2.75) is 58.8 Å². The Balaban J connectivity index is 0.00000210. The second-order valence-corrected chi connectivity index (χ2v) is 8.25. The number of pyridine rings is 1. The van der Waals surface area contributed by atoms with Gasteiger partial charge in [0.15, 0.2) is 0 Å². The molecule has 8 heteroatoms. The van der Waals surface area contributed by atoms with Crippen LogP contribution in [-0.4, -0.2) is 49.3 Å². The Labute approximate surface area is 187 Å². The number of rotatable bonds is 6. The molecule has 1 aromatic heterocycles. The number of nitrogens with one attached hydrogen (secondary N) is 2. The molecular formula is C21H36Cl2N4O2. The lowest BCUT2D eigenvalue weighted by atomic mass is 9.85. The Morgan fingerprint density at radius 1 is 1.31 bits per heavy atom. The fraction of sp³-hybridized carbons (Fsp3) is 0.714. The minimum atomic E-state index is 0. The first-order chi connectivity index (χ1) is 13.0. The predicted molar refractivity (Wildman–Crippen MR) is 122 cm³/mol. The number of piperidine rings is 1. The third-order valence-electron chi connectivity index (χ3n) is 5.69. The third-order valence-corrected chi connectivity index (χ3v) is 5.69. The van der Waals surface area contributed by atoms with Crippen molar-refractivity contribution in [2.24, 2.45) is 11.8 Å². The summed E-state index contributed by atoms with van der Waals surface area (Å²) >= 11 is 0. The van der Waals surface area contributed by atoms with Gasteiger partial charge in [-0.15, -0.1) is 24.8 Å². The highest BCUT2D eigenvalue weighted by molar-refractivity contribution is 5.85. The molecule has 0 aliphatic carbocycles. The molecule has 3 rings (SSSR count). The largest absolute Gasteiger partial charge is 0.372 e. The van der Waals surface area contributed by atoms with E-state index >= 15 is 0 Å². The summed E-state index contributed by atoms with van der Waals surface area (Å²) in [5.74, 6) is 2.14. The summed E-state index contributed by atoms with van der Waals surface area (Å²) in [5, 5.41) is 6.48. The number of morpholine rings is 1. The maximum Gasteiger partial charge on any atom is 0.220 e. The molecule has 1 amide bonds. The zero-order valence-corrected chi connectivity index (χ0v) is 19.4. The van der Waals surface area contributed by atoms with Crippen molar-refractivity contribution >= 4 is 36.5 Å². The van der Waals surface area contributed by atoms with Crippen LogP contribution in [0.15, 0.2) is 18.3 Å². The van der Waals surface area contributed by atoms with Gasteiger partial charge in [0.1, 0.15) is 5.82 Å². The van der Waals surface area contributed by atoms with Crippen molar-refractivity contribution in [3.63, 3.8) is 0 Å². The number of nitrogens with zero attached hydrogens (tertiary/aromatic N) is 2. The molecule has 1 aromatic rings. The molecule has 2 aliphatic heterocycles. The van der Waals surface area contributed by atoms with Gasteiger partial charge in [0, 0.05) is 32.3 Å². The first kappa shape index (κ1) is 26.0. The molecule has 0 spiro atoms. The van der Waals surface area contributed by atoms with Crippen LogP contribution >= 0.6 is 24.8 Å². The second-order valence-electron chi connectivity index (χ2n) is 8.25. The summed E-state index contributed by atoms with van der Waals surface area (Å²) in [6.45, 7) is 10.8. The summed E-state index contributed by atoms with van der Waals surface area (Å²) < 4.78 is 5.78. The first-order valence-corrected chi connectivity index (χ1v) is 10.3. The van der Waals surface area contributed by atoms with Gasteiger partial charge in [-0.25, -0.2) is 4.98 Å². The zero-order chi connectivity index (χ0) is 19.2. The highest BCUT2D eigenvalue weighted by Crippen LogP contribution is 2.22. The minimum absolute atomic E-state index is 0. The van der Waals surface area contributed by atoms with Gasteiger partial charge < -0.3 is 20.3 Å². The Morgan fingerprint density at radius 3 is 2.62 bits per heavy atom. The van der Waals surface area contributed by atoms with Crippen LogP contribution in [0.4, 0.5) is 5.82 Å². The highest BCUT2D eigenvalue weighted by Gasteiger charge is 2.23. The summed E-state index contributed by atoms with van der Waals surface area (Å²) in [5.41, 5.74) is 1.04. The van der Waals surface area contributed by atoms with Gasteiger partial charge in [0.05, 0.1) is 12.2 Å². The molecule has 2 saturated heterocycles. The van der Waals surface area contributed by atoms with E-state index in [1.165, 1.54) is 12.8 Å². The van der Waals surface area contributed by atoms with Crippen LogP contribution in [0, 0.1) is 11.8 Å². The van der Waals surface area contributed by atoms with Gasteiger partial charge in [-0.1, -0.05) is 13.0 Å². The Kier molecular flexibility index (Phi) is 11.3. The van der Waals surface area contributed by atoms with E-state index in [1.807, 2.05) is 12.3 Å². The summed E-state index contributed by atoms with van der Waals surface area (Å²) in [6, 6.07) is 4.10. The number of anilines is 1. The van der Waals surface area contributed by atoms with E-state index < -0.39 is 0 Å². The lowest BCUT2D eigenvalue weighted by Gasteiger charge is -2.36. The molecular weight excluding hydrogens is 411 g/mol. The zero-order valence-electron chi connectivity index (χ0n) is 17.7. The number of carbonyl (C=O) groups is 1. The summed E-state index contributed by atoms with van der Waals surface area (Å²) in [7, 11) is 0. The molecule has 0 saturated carbocycles. The van der Waals surface area contributed by atoms with Gasteiger partial charge in [0.2, 0.25) is 5.91 Å². The topological polar surface area (TPSA) is 66.5 Å². The number of hydrogen-bond acceptors (Lipinski definition) is 5. The molecule has 29 heavy (non-hydrogen) atoms. The molecule has 4 unspecified atom stereocenters. The lowest BCUT2D eigenvalue weighted by molar-refractivity contribution is -0.122. The lowest BCUT2D eigenvalue weighted by Crippen LogP contribution is -2.45. The molecule has 4 atom stereocenters. The monoisotopic (exact) mass is 446 g/mol. The molecule has 0 aromatic carbocycles. The normalized spacial score (nSPS) is 25.3. The summed E-state index contributed by atoms with van der Waals surface area (Å²) in [4.78, 5) is 19.1. The van der Waals surface area contributed by atoms with E-state index in [4.69, 9.17) is 4.74 Å². The van der Waals surface area contributed by atoms with Crippen LogP contribution in [0.2, 0.25) is 0 Å². The molecule has 3 heterocycles. The molecule has 166 valence electrons. The predicted octanol–water partition coefficient (Wildman–Crippen LogP) is 3.18. The minimum Gasteiger partial charge on any atom is -0.372 e. The molecule has 2 N–H and O–H groups in total. The van der Waals surface area contributed by atoms with Gasteiger partial charge in [-0.3, -0.25) is 4.79 Å². The van der Waals surface area contributed by atoms with E-state index in [-0.39, 0.29) is 42.9 Å². The van der Waals surface area contributed by atoms with Crippen molar-refractivity contribution in [3.05, 3.63) is 23.9 Å². The maximum absolute atomic E-state index is 12.3. The second kappa shape index (κ2) is 12.6. The van der Waals surface area contributed by atoms with Crippen LogP contribution in [0.25, 0.3) is 0 Å². The van der Waals surface area contributed by atoms with E-state index in [9.17, 15) is 4.79 Å². The smallest absolute Gasteiger partial charge is 0.220 e. The van der Waals surface area contributed by atoms with E-state index in [1.54, 1.807) is 0 Å².